The Morgan fingerprint density at radius 1 is 1.25 bits per heavy atom. The highest BCUT2D eigenvalue weighted by Gasteiger charge is 2.35. The van der Waals surface area contributed by atoms with Crippen LogP contribution in [-0.2, 0) is 19.6 Å². The molecule has 3 rings (SSSR count). The molecule has 0 atom stereocenters. The molecular formula is C20H29ClN4O6S. The molecule has 1 aromatic rings. The topological polar surface area (TPSA) is 122 Å². The quantitative estimate of drug-likeness (QED) is 0.459. The molecule has 0 bridgehead atoms. The van der Waals surface area contributed by atoms with E-state index in [-0.39, 0.29) is 46.1 Å². The van der Waals surface area contributed by atoms with Crippen LogP contribution in [0.3, 0.4) is 0 Å². The molecule has 10 nitrogen and oxygen atoms in total. The fourth-order valence-electron chi connectivity index (χ4n) is 4.03. The van der Waals surface area contributed by atoms with Gasteiger partial charge in [-0.1, -0.05) is 11.6 Å². The summed E-state index contributed by atoms with van der Waals surface area (Å²) in [5.41, 5.74) is -0.549. The number of nitro groups is 1. The molecule has 0 saturated carbocycles. The summed E-state index contributed by atoms with van der Waals surface area (Å²) in [4.78, 5) is 25.1. The number of ether oxygens (including phenoxy) is 1. The maximum Gasteiger partial charge on any atom is 0.270 e. The number of nitro benzene ring substituents is 1. The Balaban J connectivity index is 1.58. The number of carbonyl (C=O) groups excluding carboxylic acids is 1. The molecule has 2 heterocycles. The van der Waals surface area contributed by atoms with Crippen LogP contribution in [0.15, 0.2) is 23.1 Å². The summed E-state index contributed by atoms with van der Waals surface area (Å²) < 4.78 is 32.6. The first-order valence-corrected chi connectivity index (χ1v) is 12.4. The average Bonchev–Trinajstić information content (AvgIpc) is 2.78. The number of piperidine rings is 1. The van der Waals surface area contributed by atoms with Gasteiger partial charge in [0.2, 0.25) is 15.9 Å². The van der Waals surface area contributed by atoms with Crippen molar-refractivity contribution >= 4 is 33.2 Å². The maximum atomic E-state index is 13.0. The van der Waals surface area contributed by atoms with E-state index >= 15 is 0 Å². The lowest BCUT2D eigenvalue weighted by molar-refractivity contribution is -0.385. The van der Waals surface area contributed by atoms with E-state index in [2.05, 4.69) is 24.1 Å². The second kappa shape index (κ2) is 10.0. The fourth-order valence-corrected chi connectivity index (χ4v) is 5.99. The van der Waals surface area contributed by atoms with Crippen LogP contribution in [0.1, 0.15) is 26.7 Å². The summed E-state index contributed by atoms with van der Waals surface area (Å²) in [7, 11) is -4.00. The van der Waals surface area contributed by atoms with E-state index in [4.69, 9.17) is 16.3 Å². The van der Waals surface area contributed by atoms with E-state index in [0.717, 1.165) is 25.2 Å². The lowest BCUT2D eigenvalue weighted by Gasteiger charge is -2.41. The van der Waals surface area contributed by atoms with Crippen LogP contribution in [-0.4, -0.2) is 79.9 Å². The number of morpholine rings is 1. The van der Waals surface area contributed by atoms with Crippen LogP contribution < -0.4 is 5.32 Å². The van der Waals surface area contributed by atoms with E-state index in [1.807, 2.05) is 0 Å². The van der Waals surface area contributed by atoms with Crippen molar-refractivity contribution in [1.29, 1.82) is 0 Å². The number of carbonyl (C=O) groups is 1. The Hall–Kier alpha value is -1.79. The third-order valence-corrected chi connectivity index (χ3v) is 8.51. The predicted molar refractivity (Wildman–Crippen MR) is 119 cm³/mol. The summed E-state index contributed by atoms with van der Waals surface area (Å²) in [6.45, 7) is 7.94. The lowest BCUT2D eigenvalue weighted by atomic mass is 9.96. The van der Waals surface area contributed by atoms with Gasteiger partial charge >= 0.3 is 0 Å². The number of non-ortho nitro benzene ring substituents is 1. The van der Waals surface area contributed by atoms with E-state index in [1.165, 1.54) is 10.4 Å². The number of nitrogens with one attached hydrogen (secondary N) is 1. The van der Waals surface area contributed by atoms with Gasteiger partial charge in [0.25, 0.3) is 5.69 Å². The Bertz CT molecular complexity index is 957. The van der Waals surface area contributed by atoms with Crippen molar-refractivity contribution in [2.45, 2.75) is 37.1 Å². The molecule has 1 amide bonds. The third-order valence-electron chi connectivity index (χ3n) is 6.13. The highest BCUT2D eigenvalue weighted by Crippen LogP contribution is 2.31. The van der Waals surface area contributed by atoms with Crippen LogP contribution in [0.25, 0.3) is 0 Å². The smallest absolute Gasteiger partial charge is 0.270 e. The third kappa shape index (κ3) is 5.57. The van der Waals surface area contributed by atoms with Crippen LogP contribution in [0.2, 0.25) is 5.02 Å². The van der Waals surface area contributed by atoms with Gasteiger partial charge in [-0.05, 0) is 32.8 Å². The standard InChI is InChI=1S/C20H29ClN4O6S/c1-20(2,23-9-11-31-12-10-23)14-22-19(26)15-5-7-24(8-6-15)32(29,30)18-13-16(25(27)28)3-4-17(18)21/h3-4,13,15H,5-12,14H2,1-2H3,(H,22,26). The first-order chi connectivity index (χ1) is 15.0. The predicted octanol–water partition coefficient (Wildman–Crippen LogP) is 1.88. The summed E-state index contributed by atoms with van der Waals surface area (Å²) in [6, 6.07) is 3.35. The molecule has 0 aromatic heterocycles. The molecule has 2 aliphatic heterocycles. The van der Waals surface area contributed by atoms with E-state index in [9.17, 15) is 23.3 Å². The first kappa shape index (κ1) is 24.8. The Morgan fingerprint density at radius 2 is 1.88 bits per heavy atom. The molecule has 2 saturated heterocycles. The number of halogens is 1. The van der Waals surface area contributed by atoms with Crippen LogP contribution in [0, 0.1) is 16.0 Å². The van der Waals surface area contributed by atoms with Gasteiger partial charge in [-0.2, -0.15) is 4.31 Å². The number of nitrogens with zero attached hydrogens (tertiary/aromatic N) is 3. The van der Waals surface area contributed by atoms with Gasteiger partial charge in [-0.25, -0.2) is 8.42 Å². The zero-order valence-corrected chi connectivity index (χ0v) is 19.8. The molecule has 0 radical (unpaired) electrons. The molecule has 0 unspecified atom stereocenters. The largest absolute Gasteiger partial charge is 0.379 e. The molecule has 12 heteroatoms. The normalized spacial score (nSPS) is 19.6. The second-order valence-electron chi connectivity index (χ2n) is 8.68. The average molecular weight is 489 g/mol. The number of hydrogen-bond donors (Lipinski definition) is 1. The Labute approximate surface area is 193 Å². The van der Waals surface area contributed by atoms with Gasteiger partial charge in [0, 0.05) is 56.3 Å². The van der Waals surface area contributed by atoms with Gasteiger partial charge in [0.1, 0.15) is 4.90 Å². The summed E-state index contributed by atoms with van der Waals surface area (Å²) in [5.74, 6) is -0.376. The van der Waals surface area contributed by atoms with Crippen LogP contribution in [0.4, 0.5) is 5.69 Å². The van der Waals surface area contributed by atoms with Gasteiger partial charge in [0.05, 0.1) is 23.2 Å². The van der Waals surface area contributed by atoms with E-state index in [1.54, 1.807) is 0 Å². The lowest BCUT2D eigenvalue weighted by Crippen LogP contribution is -2.56. The van der Waals surface area contributed by atoms with Crippen molar-refractivity contribution in [3.05, 3.63) is 33.3 Å². The molecule has 0 aliphatic carbocycles. The number of benzene rings is 1. The van der Waals surface area contributed by atoms with Crippen molar-refractivity contribution in [2.24, 2.45) is 5.92 Å². The summed E-state index contributed by atoms with van der Waals surface area (Å²) >= 11 is 6.03. The molecule has 2 fully saturated rings. The second-order valence-corrected chi connectivity index (χ2v) is 11.0. The van der Waals surface area contributed by atoms with Gasteiger partial charge in [0.15, 0.2) is 0 Å². The summed E-state index contributed by atoms with van der Waals surface area (Å²) in [5, 5.41) is 14.0. The minimum absolute atomic E-state index is 0.0687. The molecule has 1 aromatic carbocycles. The zero-order chi connectivity index (χ0) is 23.5. The van der Waals surface area contributed by atoms with E-state index in [0.29, 0.717) is 32.6 Å². The van der Waals surface area contributed by atoms with Crippen molar-refractivity contribution in [1.82, 2.24) is 14.5 Å². The van der Waals surface area contributed by atoms with Gasteiger partial charge in [-0.3, -0.25) is 19.8 Å². The minimum atomic E-state index is -4.00. The number of rotatable bonds is 7. The highest BCUT2D eigenvalue weighted by molar-refractivity contribution is 7.89. The van der Waals surface area contributed by atoms with Crippen LogP contribution >= 0.6 is 11.6 Å². The molecule has 1 N–H and O–H groups in total. The monoisotopic (exact) mass is 488 g/mol. The van der Waals surface area contributed by atoms with Crippen LogP contribution in [0.5, 0.6) is 0 Å². The molecule has 178 valence electrons. The fraction of sp³-hybridized carbons (Fsp3) is 0.650. The molecule has 32 heavy (non-hydrogen) atoms. The Morgan fingerprint density at radius 3 is 2.47 bits per heavy atom. The molecule has 0 spiro atoms. The van der Waals surface area contributed by atoms with Gasteiger partial charge < -0.3 is 10.1 Å². The SMILES string of the molecule is CC(C)(CNC(=O)C1CCN(S(=O)(=O)c2cc([N+](=O)[O-])ccc2Cl)CC1)N1CCOCC1. The van der Waals surface area contributed by atoms with Crippen molar-refractivity contribution < 1.29 is 22.9 Å². The molecular weight excluding hydrogens is 460 g/mol. The first-order valence-electron chi connectivity index (χ1n) is 10.6. The summed E-state index contributed by atoms with van der Waals surface area (Å²) in [6.07, 6.45) is 0.741. The van der Waals surface area contributed by atoms with Gasteiger partial charge in [-0.15, -0.1) is 0 Å². The number of amides is 1. The van der Waals surface area contributed by atoms with Crippen molar-refractivity contribution in [3.8, 4) is 0 Å². The number of sulfonamides is 1. The van der Waals surface area contributed by atoms with Crippen molar-refractivity contribution in [2.75, 3.05) is 45.9 Å². The minimum Gasteiger partial charge on any atom is -0.379 e. The Kier molecular flexibility index (Phi) is 7.77. The zero-order valence-electron chi connectivity index (χ0n) is 18.3. The molecule has 2 aliphatic rings. The highest BCUT2D eigenvalue weighted by atomic mass is 35.5. The van der Waals surface area contributed by atoms with Crippen molar-refractivity contribution in [3.63, 3.8) is 0 Å². The maximum absolute atomic E-state index is 13.0. The van der Waals surface area contributed by atoms with E-state index < -0.39 is 14.9 Å². The number of hydrogen-bond acceptors (Lipinski definition) is 7.